The van der Waals surface area contributed by atoms with Gasteiger partial charge in [-0.3, -0.25) is 0 Å². The summed E-state index contributed by atoms with van der Waals surface area (Å²) in [5.74, 6) is 0.422. The van der Waals surface area contributed by atoms with E-state index < -0.39 is 0 Å². The van der Waals surface area contributed by atoms with Gasteiger partial charge in [-0.25, -0.2) is 4.98 Å². The van der Waals surface area contributed by atoms with Crippen molar-refractivity contribution in [3.05, 3.63) is 50.4 Å². The first kappa shape index (κ1) is 16.7. The number of aromatic nitrogens is 1. The van der Waals surface area contributed by atoms with E-state index in [1.165, 1.54) is 15.0 Å². The fourth-order valence-corrected chi connectivity index (χ4v) is 3.70. The summed E-state index contributed by atoms with van der Waals surface area (Å²) < 4.78 is 1.18. The third-order valence-electron chi connectivity index (χ3n) is 3.31. The summed E-state index contributed by atoms with van der Waals surface area (Å²) in [6, 6.07) is 8.50. The molecular weight excluding hydrogens is 344 g/mol. The van der Waals surface area contributed by atoms with Crippen LogP contribution in [0.1, 0.15) is 43.0 Å². The predicted molar refractivity (Wildman–Crippen MR) is 95.2 cm³/mol. The quantitative estimate of drug-likeness (QED) is 0.811. The number of hydrogen-bond donors (Lipinski definition) is 1. The van der Waals surface area contributed by atoms with E-state index >= 15 is 0 Å². The highest BCUT2D eigenvalue weighted by Crippen LogP contribution is 2.28. The van der Waals surface area contributed by atoms with Crippen molar-refractivity contribution >= 4 is 27.3 Å². The number of halogens is 1. The molecule has 4 heteroatoms. The molecule has 0 amide bonds. The molecule has 1 aromatic heterocycles. The molecule has 0 saturated heterocycles. The molecule has 0 aliphatic heterocycles. The van der Waals surface area contributed by atoms with Crippen LogP contribution in [0.15, 0.2) is 34.1 Å². The lowest BCUT2D eigenvalue weighted by molar-refractivity contribution is 0.404. The molecule has 1 unspecified atom stereocenters. The van der Waals surface area contributed by atoms with Crippen LogP contribution in [-0.2, 0) is 6.42 Å². The minimum atomic E-state index is 0.123. The maximum atomic E-state index is 4.63. The molecule has 0 radical (unpaired) electrons. The Morgan fingerprint density at radius 1 is 1.29 bits per heavy atom. The summed E-state index contributed by atoms with van der Waals surface area (Å²) in [6.07, 6.45) is 0.976. The van der Waals surface area contributed by atoms with E-state index in [-0.39, 0.29) is 5.54 Å². The largest absolute Gasteiger partial charge is 0.311 e. The van der Waals surface area contributed by atoms with E-state index in [2.05, 4.69) is 83.6 Å². The highest BCUT2D eigenvalue weighted by molar-refractivity contribution is 9.10. The lowest BCUT2D eigenvalue weighted by Gasteiger charge is -2.26. The van der Waals surface area contributed by atoms with Crippen LogP contribution >= 0.6 is 27.3 Å². The Balaban J connectivity index is 2.19. The molecule has 1 N–H and O–H groups in total. The van der Waals surface area contributed by atoms with Crippen molar-refractivity contribution in [1.82, 2.24) is 10.3 Å². The van der Waals surface area contributed by atoms with Crippen LogP contribution in [0, 0.1) is 6.92 Å². The summed E-state index contributed by atoms with van der Waals surface area (Å²) >= 11 is 5.45. The molecule has 114 valence electrons. The number of nitrogens with zero attached hydrogens (tertiary/aromatic N) is 1. The summed E-state index contributed by atoms with van der Waals surface area (Å²) in [7, 11) is 0. The second-order valence-corrected chi connectivity index (χ2v) is 8.23. The van der Waals surface area contributed by atoms with E-state index in [1.54, 1.807) is 11.3 Å². The molecule has 1 aromatic carbocycles. The van der Waals surface area contributed by atoms with Gasteiger partial charge in [-0.05, 0) is 39.3 Å². The van der Waals surface area contributed by atoms with Crippen molar-refractivity contribution in [2.45, 2.75) is 45.6 Å². The Morgan fingerprint density at radius 2 is 2.00 bits per heavy atom. The summed E-state index contributed by atoms with van der Waals surface area (Å²) in [4.78, 5) is 4.63. The Labute approximate surface area is 140 Å². The number of aryl methyl sites for hydroxylation is 1. The third-order valence-corrected chi connectivity index (χ3v) is 5.02. The van der Waals surface area contributed by atoms with Crippen LogP contribution in [0.5, 0.6) is 0 Å². The van der Waals surface area contributed by atoms with Gasteiger partial charge in [-0.15, -0.1) is 11.3 Å². The Bertz CT molecular complexity index is 586. The van der Waals surface area contributed by atoms with Crippen LogP contribution in [-0.4, -0.2) is 17.1 Å². The average molecular weight is 367 g/mol. The minimum absolute atomic E-state index is 0.123. The highest BCUT2D eigenvalue weighted by atomic mass is 79.9. The summed E-state index contributed by atoms with van der Waals surface area (Å²) in [5, 5.41) is 6.97. The molecule has 2 aromatic rings. The zero-order valence-corrected chi connectivity index (χ0v) is 15.5. The normalized spacial score (nSPS) is 13.4. The van der Waals surface area contributed by atoms with Gasteiger partial charge in [0.15, 0.2) is 0 Å². The molecule has 0 spiro atoms. The molecule has 1 atom stereocenters. The maximum Gasteiger partial charge on any atom is 0.0934 e. The molecule has 0 aliphatic rings. The number of thiazole rings is 1. The second kappa shape index (κ2) is 7.03. The van der Waals surface area contributed by atoms with E-state index in [1.807, 2.05) is 0 Å². The monoisotopic (exact) mass is 366 g/mol. The smallest absolute Gasteiger partial charge is 0.0934 e. The fourth-order valence-electron chi connectivity index (χ4n) is 2.23. The fraction of sp³-hybridized carbons (Fsp3) is 0.471. The number of benzene rings is 1. The first-order chi connectivity index (χ1) is 9.85. The van der Waals surface area contributed by atoms with Crippen molar-refractivity contribution in [3.63, 3.8) is 0 Å². The van der Waals surface area contributed by atoms with Crippen LogP contribution in [0.25, 0.3) is 0 Å². The van der Waals surface area contributed by atoms with Crippen molar-refractivity contribution in [1.29, 1.82) is 0 Å². The Morgan fingerprint density at radius 3 is 2.57 bits per heavy atom. The lowest BCUT2D eigenvalue weighted by Crippen LogP contribution is -2.39. The molecule has 21 heavy (non-hydrogen) atoms. The van der Waals surface area contributed by atoms with Gasteiger partial charge in [0.25, 0.3) is 0 Å². The SMILES string of the molecule is Cc1csc(CC(CNC(C)(C)C)c2ccccc2Br)n1. The van der Waals surface area contributed by atoms with E-state index in [9.17, 15) is 0 Å². The lowest BCUT2D eigenvalue weighted by atomic mass is 9.94. The average Bonchev–Trinajstić information content (AvgIpc) is 2.80. The van der Waals surface area contributed by atoms with Crippen LogP contribution in [0.2, 0.25) is 0 Å². The predicted octanol–water partition coefficient (Wildman–Crippen LogP) is 4.93. The second-order valence-electron chi connectivity index (χ2n) is 6.44. The molecule has 1 heterocycles. The maximum absolute atomic E-state index is 4.63. The van der Waals surface area contributed by atoms with Crippen LogP contribution in [0.4, 0.5) is 0 Å². The van der Waals surface area contributed by atoms with Gasteiger partial charge in [0.2, 0.25) is 0 Å². The van der Waals surface area contributed by atoms with Gasteiger partial charge in [0.05, 0.1) is 5.01 Å². The van der Waals surface area contributed by atoms with Crippen molar-refractivity contribution in [2.24, 2.45) is 0 Å². The topological polar surface area (TPSA) is 24.9 Å². The minimum Gasteiger partial charge on any atom is -0.311 e. The zero-order valence-electron chi connectivity index (χ0n) is 13.1. The highest BCUT2D eigenvalue weighted by Gasteiger charge is 2.19. The van der Waals surface area contributed by atoms with Crippen LogP contribution < -0.4 is 5.32 Å². The molecule has 0 bridgehead atoms. The van der Waals surface area contributed by atoms with Crippen molar-refractivity contribution < 1.29 is 0 Å². The molecule has 2 nitrogen and oxygen atoms in total. The zero-order chi connectivity index (χ0) is 15.5. The van der Waals surface area contributed by atoms with Crippen molar-refractivity contribution in [2.75, 3.05) is 6.54 Å². The van der Waals surface area contributed by atoms with Gasteiger partial charge in [-0.2, -0.15) is 0 Å². The van der Waals surface area contributed by atoms with Gasteiger partial charge >= 0.3 is 0 Å². The molecule has 0 saturated carbocycles. The van der Waals surface area contributed by atoms with Gasteiger partial charge in [-0.1, -0.05) is 34.1 Å². The van der Waals surface area contributed by atoms with Crippen LogP contribution in [0.3, 0.4) is 0 Å². The van der Waals surface area contributed by atoms with Gasteiger partial charge in [0, 0.05) is 40.0 Å². The summed E-state index contributed by atoms with van der Waals surface area (Å²) in [5.41, 5.74) is 2.59. The summed E-state index contributed by atoms with van der Waals surface area (Å²) in [6.45, 7) is 9.62. The van der Waals surface area contributed by atoms with Gasteiger partial charge < -0.3 is 5.32 Å². The van der Waals surface area contributed by atoms with E-state index in [0.717, 1.165) is 18.7 Å². The number of hydrogen-bond acceptors (Lipinski definition) is 3. The van der Waals surface area contributed by atoms with Crippen molar-refractivity contribution in [3.8, 4) is 0 Å². The molecule has 0 aliphatic carbocycles. The number of nitrogens with one attached hydrogen (secondary N) is 1. The van der Waals surface area contributed by atoms with E-state index in [0.29, 0.717) is 5.92 Å². The van der Waals surface area contributed by atoms with E-state index in [4.69, 9.17) is 0 Å². The standard InChI is InChI=1S/C17H23BrN2S/c1-12-11-21-16(20-12)9-13(10-19-17(2,3)4)14-7-5-6-8-15(14)18/h5-8,11,13,19H,9-10H2,1-4H3. The molecular formula is C17H23BrN2S. The molecule has 0 fully saturated rings. The Hall–Kier alpha value is -0.710. The molecule has 2 rings (SSSR count). The first-order valence-corrected chi connectivity index (χ1v) is 8.93. The first-order valence-electron chi connectivity index (χ1n) is 7.25. The third kappa shape index (κ3) is 5.20. The Kier molecular flexibility index (Phi) is 5.58. The number of rotatable bonds is 5. The van der Waals surface area contributed by atoms with Gasteiger partial charge in [0.1, 0.15) is 0 Å².